The first-order chi connectivity index (χ1) is 15.2. The molecule has 0 fully saturated rings. The molecule has 0 bridgehead atoms. The zero-order valence-corrected chi connectivity index (χ0v) is 20.7. The minimum Gasteiger partial charge on any atom is -0.507 e. The van der Waals surface area contributed by atoms with E-state index in [4.69, 9.17) is 4.42 Å². The molecular weight excluding hydrogens is 562 g/mol. The summed E-state index contributed by atoms with van der Waals surface area (Å²) in [6.07, 6.45) is 0. The van der Waals surface area contributed by atoms with Gasteiger partial charge in [0.2, 0.25) is 10.0 Å². The molecule has 0 spiro atoms. The van der Waals surface area contributed by atoms with Gasteiger partial charge in [0.25, 0.3) is 0 Å². The average Bonchev–Trinajstić information content (AvgIpc) is 2.74. The third-order valence-electron chi connectivity index (χ3n) is 4.98. The van der Waals surface area contributed by atoms with Crippen molar-refractivity contribution in [2.24, 2.45) is 0 Å². The van der Waals surface area contributed by atoms with Crippen LogP contribution in [0.3, 0.4) is 0 Å². The molecular formula is C23H17Br2NO5S. The maximum atomic E-state index is 13.2. The summed E-state index contributed by atoms with van der Waals surface area (Å²) in [5.41, 5.74) is 0.486. The standard InChI is InChI=1S/C23H17Br2NO5S/c1-13-6-9-15(10-7-13)32(29,30)26-21(16-4-2-3-5-18(16)25)20-22(27)17-12-14(24)8-11-19(17)31-23(20)28/h2-12,21,26-27H,1H3/t21-/m0/s1. The molecule has 0 aliphatic rings. The van der Waals surface area contributed by atoms with E-state index in [-0.39, 0.29) is 27.2 Å². The van der Waals surface area contributed by atoms with Crippen molar-refractivity contribution in [3.8, 4) is 5.75 Å². The maximum absolute atomic E-state index is 13.2. The molecule has 4 rings (SSSR count). The molecule has 0 unspecified atom stereocenters. The average molecular weight is 579 g/mol. The van der Waals surface area contributed by atoms with Gasteiger partial charge in [-0.15, -0.1) is 0 Å². The lowest BCUT2D eigenvalue weighted by Gasteiger charge is -2.21. The fourth-order valence-corrected chi connectivity index (χ4v) is 5.42. The van der Waals surface area contributed by atoms with Crippen molar-refractivity contribution in [1.82, 2.24) is 4.72 Å². The molecule has 3 aromatic carbocycles. The summed E-state index contributed by atoms with van der Waals surface area (Å²) in [5, 5.41) is 11.3. The number of rotatable bonds is 5. The topological polar surface area (TPSA) is 96.6 Å². The number of hydrogen-bond donors (Lipinski definition) is 2. The molecule has 1 heterocycles. The van der Waals surface area contributed by atoms with Crippen LogP contribution in [0.25, 0.3) is 11.0 Å². The normalized spacial score (nSPS) is 12.7. The fraction of sp³-hybridized carbons (Fsp3) is 0.0870. The zero-order chi connectivity index (χ0) is 23.0. The lowest BCUT2D eigenvalue weighted by Crippen LogP contribution is -2.32. The zero-order valence-electron chi connectivity index (χ0n) is 16.7. The molecule has 0 saturated heterocycles. The quantitative estimate of drug-likeness (QED) is 0.309. The Hall–Kier alpha value is -2.46. The minimum atomic E-state index is -4.06. The van der Waals surface area contributed by atoms with E-state index in [9.17, 15) is 18.3 Å². The first kappa shape index (κ1) is 22.7. The number of aromatic hydroxyl groups is 1. The Bertz CT molecular complexity index is 1480. The van der Waals surface area contributed by atoms with Gasteiger partial charge in [-0.1, -0.05) is 67.8 Å². The van der Waals surface area contributed by atoms with E-state index in [1.54, 1.807) is 54.6 Å². The molecule has 164 valence electrons. The highest BCUT2D eigenvalue weighted by Gasteiger charge is 2.30. The van der Waals surface area contributed by atoms with Crippen molar-refractivity contribution in [2.75, 3.05) is 0 Å². The van der Waals surface area contributed by atoms with Crippen LogP contribution in [0.1, 0.15) is 22.7 Å². The summed E-state index contributed by atoms with van der Waals surface area (Å²) in [6.45, 7) is 1.85. The summed E-state index contributed by atoms with van der Waals surface area (Å²) < 4.78 is 35.6. The van der Waals surface area contributed by atoms with Crippen LogP contribution < -0.4 is 10.3 Å². The lowest BCUT2D eigenvalue weighted by molar-refractivity contribution is 0.448. The summed E-state index contributed by atoms with van der Waals surface area (Å²) >= 11 is 6.76. The van der Waals surface area contributed by atoms with Gasteiger partial charge in [0, 0.05) is 8.95 Å². The molecule has 2 N–H and O–H groups in total. The second-order valence-electron chi connectivity index (χ2n) is 7.18. The van der Waals surface area contributed by atoms with E-state index in [1.807, 2.05) is 6.92 Å². The molecule has 32 heavy (non-hydrogen) atoms. The molecule has 0 aliphatic carbocycles. The molecule has 0 saturated carbocycles. The van der Waals surface area contributed by atoms with Gasteiger partial charge in [0.15, 0.2) is 0 Å². The Balaban J connectivity index is 1.95. The number of aryl methyl sites for hydroxylation is 1. The van der Waals surface area contributed by atoms with Gasteiger partial charge in [-0.2, -0.15) is 4.72 Å². The van der Waals surface area contributed by atoms with Crippen molar-refractivity contribution in [3.05, 3.63) is 103 Å². The van der Waals surface area contributed by atoms with Gasteiger partial charge in [-0.25, -0.2) is 13.2 Å². The van der Waals surface area contributed by atoms with Crippen LogP contribution in [-0.4, -0.2) is 13.5 Å². The van der Waals surface area contributed by atoms with Crippen molar-refractivity contribution >= 4 is 52.9 Å². The largest absolute Gasteiger partial charge is 0.507 e. The number of benzene rings is 3. The SMILES string of the molecule is Cc1ccc(S(=O)(=O)N[C@@H](c2ccccc2Br)c2c(O)c3cc(Br)ccc3oc2=O)cc1. The summed E-state index contributed by atoms with van der Waals surface area (Å²) in [5.74, 6) is -0.357. The molecule has 0 aliphatic heterocycles. The Kier molecular flexibility index (Phi) is 6.26. The molecule has 4 aromatic rings. The highest BCUT2D eigenvalue weighted by Crippen LogP contribution is 2.37. The predicted molar refractivity (Wildman–Crippen MR) is 129 cm³/mol. The van der Waals surface area contributed by atoms with Crippen molar-refractivity contribution in [2.45, 2.75) is 17.9 Å². The number of halogens is 2. The second-order valence-corrected chi connectivity index (χ2v) is 10.7. The molecule has 9 heteroatoms. The fourth-order valence-electron chi connectivity index (χ4n) is 3.36. The summed E-state index contributed by atoms with van der Waals surface area (Å²) in [4.78, 5) is 13.0. The van der Waals surface area contributed by atoms with Gasteiger partial charge < -0.3 is 9.52 Å². The van der Waals surface area contributed by atoms with Crippen molar-refractivity contribution in [3.63, 3.8) is 0 Å². The second kappa shape index (κ2) is 8.82. The third-order valence-corrected chi connectivity index (χ3v) is 7.64. The summed E-state index contributed by atoms with van der Waals surface area (Å²) in [7, 11) is -4.06. The molecule has 1 aromatic heterocycles. The van der Waals surface area contributed by atoms with Crippen LogP contribution >= 0.6 is 31.9 Å². The first-order valence-corrected chi connectivity index (χ1v) is 12.5. The van der Waals surface area contributed by atoms with Crippen LogP contribution in [0.15, 0.2) is 89.8 Å². The number of hydrogen-bond acceptors (Lipinski definition) is 5. The van der Waals surface area contributed by atoms with Gasteiger partial charge in [-0.3, -0.25) is 0 Å². The highest BCUT2D eigenvalue weighted by atomic mass is 79.9. The van der Waals surface area contributed by atoms with Crippen LogP contribution in [0.2, 0.25) is 0 Å². The van der Waals surface area contributed by atoms with Gasteiger partial charge >= 0.3 is 5.63 Å². The van der Waals surface area contributed by atoms with Gasteiger partial charge in [0.05, 0.1) is 16.3 Å². The Morgan fingerprint density at radius 3 is 2.38 bits per heavy atom. The Labute approximate surface area is 201 Å². The Morgan fingerprint density at radius 1 is 1.00 bits per heavy atom. The predicted octanol–water partition coefficient (Wildman–Crippen LogP) is 5.40. The maximum Gasteiger partial charge on any atom is 0.345 e. The smallest absolute Gasteiger partial charge is 0.345 e. The minimum absolute atomic E-state index is 0.0348. The first-order valence-electron chi connectivity index (χ1n) is 9.46. The van der Waals surface area contributed by atoms with E-state index in [0.29, 0.717) is 14.5 Å². The molecule has 6 nitrogen and oxygen atoms in total. The summed E-state index contributed by atoms with van der Waals surface area (Å²) in [6, 6.07) is 16.8. The molecule has 0 radical (unpaired) electrons. The van der Waals surface area contributed by atoms with E-state index >= 15 is 0 Å². The molecule has 0 amide bonds. The number of sulfonamides is 1. The van der Waals surface area contributed by atoms with E-state index in [1.165, 1.54) is 12.1 Å². The molecule has 1 atom stereocenters. The third kappa shape index (κ3) is 4.38. The lowest BCUT2D eigenvalue weighted by atomic mass is 9.99. The van der Waals surface area contributed by atoms with E-state index < -0.39 is 21.7 Å². The van der Waals surface area contributed by atoms with Crippen LogP contribution in [0.5, 0.6) is 5.75 Å². The van der Waals surface area contributed by atoms with Crippen molar-refractivity contribution < 1.29 is 17.9 Å². The Morgan fingerprint density at radius 2 is 1.69 bits per heavy atom. The van der Waals surface area contributed by atoms with Gasteiger partial charge in [0.1, 0.15) is 16.9 Å². The number of nitrogens with one attached hydrogen (secondary N) is 1. The van der Waals surface area contributed by atoms with Crippen LogP contribution in [0.4, 0.5) is 0 Å². The van der Waals surface area contributed by atoms with Crippen molar-refractivity contribution in [1.29, 1.82) is 0 Å². The monoisotopic (exact) mass is 577 g/mol. The van der Waals surface area contributed by atoms with E-state index in [2.05, 4.69) is 36.6 Å². The van der Waals surface area contributed by atoms with E-state index in [0.717, 1.165) is 5.56 Å². The highest BCUT2D eigenvalue weighted by molar-refractivity contribution is 9.10. The van der Waals surface area contributed by atoms with Crippen LogP contribution in [0, 0.1) is 6.92 Å². The number of fused-ring (bicyclic) bond motifs is 1. The van der Waals surface area contributed by atoms with Crippen LogP contribution in [-0.2, 0) is 10.0 Å². The van der Waals surface area contributed by atoms with Gasteiger partial charge in [-0.05, 0) is 48.9 Å².